The molecule has 0 aromatic heterocycles. The highest BCUT2D eigenvalue weighted by atomic mass is 16.5. The van der Waals surface area contributed by atoms with Gasteiger partial charge in [-0.1, -0.05) is 18.6 Å². The molecular formula is C21H26O4. The van der Waals surface area contributed by atoms with Gasteiger partial charge < -0.3 is 14.6 Å². The van der Waals surface area contributed by atoms with Crippen LogP contribution in [0.15, 0.2) is 34.9 Å². The van der Waals surface area contributed by atoms with Gasteiger partial charge in [-0.3, -0.25) is 4.79 Å². The van der Waals surface area contributed by atoms with Crippen LogP contribution in [0.5, 0.6) is 11.5 Å². The van der Waals surface area contributed by atoms with E-state index in [9.17, 15) is 9.90 Å². The minimum absolute atomic E-state index is 0.0939. The molecule has 25 heavy (non-hydrogen) atoms. The smallest absolute Gasteiger partial charge is 0.184 e. The molecule has 2 atom stereocenters. The van der Waals surface area contributed by atoms with Crippen molar-refractivity contribution in [2.45, 2.75) is 45.6 Å². The number of methoxy groups -OCH3 is 2. The molecule has 3 rings (SSSR count). The van der Waals surface area contributed by atoms with Gasteiger partial charge in [0.2, 0.25) is 0 Å². The van der Waals surface area contributed by atoms with Crippen molar-refractivity contribution in [2.75, 3.05) is 14.2 Å². The van der Waals surface area contributed by atoms with Crippen molar-refractivity contribution >= 4 is 11.9 Å². The lowest BCUT2D eigenvalue weighted by Crippen LogP contribution is -2.42. The van der Waals surface area contributed by atoms with Crippen LogP contribution in [0.25, 0.3) is 6.08 Å². The Bertz CT molecular complexity index is 759. The SMILES string of the molecule is COc1ccc(/C=C2\C[C@@]3(C)C(=C(C)C2=O)CCC[C@@H]3O)cc1OC. The Morgan fingerprint density at radius 2 is 1.96 bits per heavy atom. The number of fused-ring (bicyclic) bond motifs is 1. The lowest BCUT2D eigenvalue weighted by atomic mass is 9.61. The molecular weight excluding hydrogens is 316 g/mol. The van der Waals surface area contributed by atoms with Crippen LogP contribution in [-0.4, -0.2) is 31.2 Å². The van der Waals surface area contributed by atoms with Crippen LogP contribution in [0.2, 0.25) is 0 Å². The van der Waals surface area contributed by atoms with Gasteiger partial charge >= 0.3 is 0 Å². The number of Topliss-reactive ketones (excluding diaryl/α,β-unsaturated/α-hetero) is 1. The molecule has 0 unspecified atom stereocenters. The van der Waals surface area contributed by atoms with E-state index < -0.39 is 6.10 Å². The molecule has 1 fully saturated rings. The third kappa shape index (κ3) is 2.99. The standard InChI is InChI=1S/C21H26O4/c1-13-16-6-5-7-19(22)21(16,2)12-15(20(13)23)10-14-8-9-17(24-3)18(11-14)25-4/h8-11,19,22H,5-7,12H2,1-4H3/b15-10+/t19-,21-/m0/s1. The largest absolute Gasteiger partial charge is 0.493 e. The first-order valence-corrected chi connectivity index (χ1v) is 8.76. The van der Waals surface area contributed by atoms with Gasteiger partial charge in [0.05, 0.1) is 20.3 Å². The number of ketones is 1. The van der Waals surface area contributed by atoms with Gasteiger partial charge in [0.25, 0.3) is 0 Å². The molecule has 0 saturated heterocycles. The van der Waals surface area contributed by atoms with E-state index in [-0.39, 0.29) is 11.2 Å². The molecule has 1 saturated carbocycles. The Morgan fingerprint density at radius 3 is 2.64 bits per heavy atom. The summed E-state index contributed by atoms with van der Waals surface area (Å²) in [6.45, 7) is 3.99. The van der Waals surface area contributed by atoms with E-state index >= 15 is 0 Å². The third-order valence-electron chi connectivity index (χ3n) is 5.72. The van der Waals surface area contributed by atoms with E-state index in [1.54, 1.807) is 14.2 Å². The maximum Gasteiger partial charge on any atom is 0.184 e. The van der Waals surface area contributed by atoms with Crippen LogP contribution in [0.4, 0.5) is 0 Å². The van der Waals surface area contributed by atoms with Crippen molar-refractivity contribution in [1.29, 1.82) is 0 Å². The van der Waals surface area contributed by atoms with Crippen molar-refractivity contribution < 1.29 is 19.4 Å². The van der Waals surface area contributed by atoms with Gasteiger partial charge in [-0.15, -0.1) is 0 Å². The van der Waals surface area contributed by atoms with Crippen molar-refractivity contribution in [3.8, 4) is 11.5 Å². The molecule has 0 aliphatic heterocycles. The number of aliphatic hydroxyl groups is 1. The average molecular weight is 342 g/mol. The molecule has 1 N–H and O–H groups in total. The average Bonchev–Trinajstić information content (AvgIpc) is 2.61. The van der Waals surface area contributed by atoms with Crippen LogP contribution < -0.4 is 9.47 Å². The molecule has 2 aliphatic carbocycles. The highest BCUT2D eigenvalue weighted by Crippen LogP contribution is 2.50. The van der Waals surface area contributed by atoms with Crippen LogP contribution in [-0.2, 0) is 4.79 Å². The molecule has 0 amide bonds. The molecule has 1 aromatic carbocycles. The van der Waals surface area contributed by atoms with Crippen molar-refractivity contribution in [2.24, 2.45) is 5.41 Å². The number of hydrogen-bond acceptors (Lipinski definition) is 4. The highest BCUT2D eigenvalue weighted by molar-refractivity contribution is 6.12. The first-order chi connectivity index (χ1) is 11.9. The van der Waals surface area contributed by atoms with Crippen LogP contribution in [0, 0.1) is 5.41 Å². The van der Waals surface area contributed by atoms with Gasteiger partial charge in [-0.25, -0.2) is 0 Å². The van der Waals surface area contributed by atoms with Crippen molar-refractivity contribution in [3.63, 3.8) is 0 Å². The van der Waals surface area contributed by atoms with Crippen LogP contribution in [0.1, 0.15) is 45.1 Å². The summed E-state index contributed by atoms with van der Waals surface area (Å²) in [6, 6.07) is 5.62. The monoisotopic (exact) mass is 342 g/mol. The van der Waals surface area contributed by atoms with Crippen molar-refractivity contribution in [1.82, 2.24) is 0 Å². The van der Waals surface area contributed by atoms with Crippen LogP contribution >= 0.6 is 0 Å². The highest BCUT2D eigenvalue weighted by Gasteiger charge is 2.45. The Hall–Kier alpha value is -2.07. The van der Waals surface area contributed by atoms with E-state index in [1.807, 2.05) is 31.2 Å². The minimum Gasteiger partial charge on any atom is -0.493 e. The number of hydrogen-bond donors (Lipinski definition) is 1. The number of carbonyl (C=O) groups is 1. The summed E-state index contributed by atoms with van der Waals surface area (Å²) in [6.07, 6.45) is 4.75. The first-order valence-electron chi connectivity index (χ1n) is 8.76. The van der Waals surface area contributed by atoms with Gasteiger partial charge in [0, 0.05) is 11.0 Å². The molecule has 134 valence electrons. The molecule has 0 heterocycles. The number of benzene rings is 1. The predicted molar refractivity (Wildman–Crippen MR) is 97.8 cm³/mol. The van der Waals surface area contributed by atoms with Crippen LogP contribution in [0.3, 0.4) is 0 Å². The zero-order valence-corrected chi connectivity index (χ0v) is 15.4. The number of ether oxygens (including phenoxy) is 2. The molecule has 1 aromatic rings. The molecule has 0 bridgehead atoms. The van der Waals surface area contributed by atoms with E-state index in [2.05, 4.69) is 6.92 Å². The Kier molecular flexibility index (Phi) is 4.74. The molecule has 0 spiro atoms. The number of aliphatic hydroxyl groups excluding tert-OH is 1. The van der Waals surface area contributed by atoms with E-state index in [1.165, 1.54) is 0 Å². The molecule has 0 radical (unpaired) electrons. The van der Waals surface area contributed by atoms with E-state index in [0.717, 1.165) is 41.5 Å². The second-order valence-electron chi connectivity index (χ2n) is 7.22. The second-order valence-corrected chi connectivity index (χ2v) is 7.22. The summed E-state index contributed by atoms with van der Waals surface area (Å²) in [5.41, 5.74) is 3.25. The second kappa shape index (κ2) is 6.68. The number of carbonyl (C=O) groups excluding carboxylic acids is 1. The Morgan fingerprint density at radius 1 is 1.24 bits per heavy atom. The number of rotatable bonds is 3. The maximum atomic E-state index is 12.8. The molecule has 4 heteroatoms. The fourth-order valence-electron chi connectivity index (χ4n) is 4.23. The van der Waals surface area contributed by atoms with E-state index in [0.29, 0.717) is 17.9 Å². The Balaban J connectivity index is 2.02. The van der Waals surface area contributed by atoms with E-state index in [4.69, 9.17) is 9.47 Å². The van der Waals surface area contributed by atoms with Gasteiger partial charge in [-0.2, -0.15) is 0 Å². The Labute approximate surface area is 149 Å². The molecule has 4 nitrogen and oxygen atoms in total. The topological polar surface area (TPSA) is 55.8 Å². The summed E-state index contributed by atoms with van der Waals surface area (Å²) in [5.74, 6) is 1.39. The third-order valence-corrected chi connectivity index (χ3v) is 5.72. The first kappa shape index (κ1) is 17.7. The minimum atomic E-state index is -0.395. The fourth-order valence-corrected chi connectivity index (χ4v) is 4.23. The summed E-state index contributed by atoms with van der Waals surface area (Å²) in [7, 11) is 3.20. The summed E-state index contributed by atoms with van der Waals surface area (Å²) in [5, 5.41) is 10.6. The van der Waals surface area contributed by atoms with Crippen molar-refractivity contribution in [3.05, 3.63) is 40.5 Å². The lowest BCUT2D eigenvalue weighted by Gasteiger charge is -2.45. The summed E-state index contributed by atoms with van der Waals surface area (Å²) < 4.78 is 10.6. The van der Waals surface area contributed by atoms with Gasteiger partial charge in [0.1, 0.15) is 0 Å². The fraction of sp³-hybridized carbons (Fsp3) is 0.476. The summed E-state index contributed by atoms with van der Waals surface area (Å²) in [4.78, 5) is 12.8. The maximum absolute atomic E-state index is 12.8. The molecule has 2 aliphatic rings. The quantitative estimate of drug-likeness (QED) is 0.846. The summed E-state index contributed by atoms with van der Waals surface area (Å²) >= 11 is 0. The van der Waals surface area contributed by atoms with Gasteiger partial charge in [0.15, 0.2) is 17.3 Å². The normalized spacial score (nSPS) is 28.1. The number of allylic oxidation sites excluding steroid dienone is 2. The lowest BCUT2D eigenvalue weighted by molar-refractivity contribution is -0.113. The van der Waals surface area contributed by atoms with Gasteiger partial charge in [-0.05, 0) is 62.0 Å². The zero-order valence-electron chi connectivity index (χ0n) is 15.4. The zero-order chi connectivity index (χ0) is 18.2. The predicted octanol–water partition coefficient (Wildman–Crippen LogP) is 3.93.